The zero-order valence-electron chi connectivity index (χ0n) is 32.4. The second-order valence-corrected chi connectivity index (χ2v) is 16.4. The summed E-state index contributed by atoms with van der Waals surface area (Å²) in [7, 11) is 0. The molecule has 9 aromatic rings. The molecule has 58 heavy (non-hydrogen) atoms. The van der Waals surface area contributed by atoms with Crippen LogP contribution in [0, 0.1) is 0 Å². The Labute approximate surface area is 339 Å². The van der Waals surface area contributed by atoms with E-state index in [1.54, 1.807) is 0 Å². The molecule has 0 aromatic heterocycles. The van der Waals surface area contributed by atoms with Gasteiger partial charge in [-0.25, -0.2) is 0 Å². The van der Waals surface area contributed by atoms with E-state index in [0.717, 1.165) is 39.7 Å². The van der Waals surface area contributed by atoms with Crippen LogP contribution in [0.2, 0.25) is 0 Å². The molecule has 274 valence electrons. The number of para-hydroxylation sites is 2. The molecule has 0 saturated heterocycles. The molecule has 12 rings (SSSR count). The van der Waals surface area contributed by atoms with Crippen LogP contribution in [0.4, 0.5) is 17.1 Å². The standard InChI is InChI=1S/C56H39NO/c1-55(2)45-22-10-8-20-41(45)43-31-29-38(34-49(43)55)57(51-33-28-36-16-6-7-19-40(36)54(51)37-17-4-3-5-18-37)39-30-32-44-42-21-9-11-23-46(42)56(50(44)35-39)47-24-12-14-26-52(47)58-53-27-15-13-25-48(53)56/h3-35H,1-2H3. The van der Waals surface area contributed by atoms with Crippen molar-refractivity contribution in [1.82, 2.24) is 0 Å². The van der Waals surface area contributed by atoms with E-state index in [1.165, 1.54) is 66.4 Å². The van der Waals surface area contributed by atoms with Crippen molar-refractivity contribution in [2.24, 2.45) is 0 Å². The van der Waals surface area contributed by atoms with Gasteiger partial charge in [-0.05, 0) is 103 Å². The number of rotatable bonds is 4. The number of nitrogens with zero attached hydrogens (tertiary/aromatic N) is 1. The van der Waals surface area contributed by atoms with Crippen LogP contribution in [0.3, 0.4) is 0 Å². The minimum absolute atomic E-state index is 0.154. The smallest absolute Gasteiger partial charge is 0.132 e. The van der Waals surface area contributed by atoms with Crippen molar-refractivity contribution in [3.63, 3.8) is 0 Å². The molecule has 0 saturated carbocycles. The van der Waals surface area contributed by atoms with Crippen molar-refractivity contribution in [2.75, 3.05) is 4.90 Å². The van der Waals surface area contributed by atoms with E-state index in [1.807, 2.05) is 0 Å². The lowest BCUT2D eigenvalue weighted by Crippen LogP contribution is -2.32. The predicted molar refractivity (Wildman–Crippen MR) is 239 cm³/mol. The highest BCUT2D eigenvalue weighted by molar-refractivity contribution is 6.06. The van der Waals surface area contributed by atoms with Gasteiger partial charge in [0.1, 0.15) is 11.5 Å². The SMILES string of the molecule is CC1(C)c2ccccc2-c2ccc(N(c3ccc4c(c3)C3(c5ccccc5Oc5ccccc53)c3ccccc3-4)c3ccc4ccccc4c3-c3ccccc3)cc21. The lowest BCUT2D eigenvalue weighted by atomic mass is 9.66. The fourth-order valence-electron chi connectivity index (χ4n) is 10.6. The molecule has 0 radical (unpaired) electrons. The van der Waals surface area contributed by atoms with Gasteiger partial charge in [0, 0.05) is 33.5 Å². The zero-order chi connectivity index (χ0) is 38.6. The molecule has 0 bridgehead atoms. The molecule has 2 heteroatoms. The van der Waals surface area contributed by atoms with Gasteiger partial charge in [0.05, 0.1) is 11.1 Å². The van der Waals surface area contributed by atoms with Crippen molar-refractivity contribution in [3.05, 3.63) is 234 Å². The van der Waals surface area contributed by atoms with Gasteiger partial charge >= 0.3 is 0 Å². The van der Waals surface area contributed by atoms with Crippen LogP contribution in [0.15, 0.2) is 200 Å². The lowest BCUT2D eigenvalue weighted by molar-refractivity contribution is 0.436. The molecule has 1 spiro atoms. The summed E-state index contributed by atoms with van der Waals surface area (Å²) in [6.45, 7) is 4.74. The van der Waals surface area contributed by atoms with E-state index < -0.39 is 5.41 Å². The Morgan fingerprint density at radius 3 is 1.62 bits per heavy atom. The first-order valence-electron chi connectivity index (χ1n) is 20.3. The van der Waals surface area contributed by atoms with Crippen LogP contribution in [-0.2, 0) is 10.8 Å². The van der Waals surface area contributed by atoms with Gasteiger partial charge in [-0.15, -0.1) is 0 Å². The quantitative estimate of drug-likeness (QED) is 0.178. The highest BCUT2D eigenvalue weighted by Gasteiger charge is 2.51. The summed E-state index contributed by atoms with van der Waals surface area (Å²) in [5, 5.41) is 2.44. The van der Waals surface area contributed by atoms with Gasteiger partial charge in [0.25, 0.3) is 0 Å². The van der Waals surface area contributed by atoms with E-state index in [9.17, 15) is 0 Å². The Bertz CT molecular complexity index is 3090. The zero-order valence-corrected chi connectivity index (χ0v) is 32.4. The Balaban J connectivity index is 1.17. The predicted octanol–water partition coefficient (Wildman–Crippen LogP) is 14.8. The summed E-state index contributed by atoms with van der Waals surface area (Å²) in [5.74, 6) is 1.79. The van der Waals surface area contributed by atoms with Crippen molar-refractivity contribution in [3.8, 4) is 44.9 Å². The van der Waals surface area contributed by atoms with Gasteiger partial charge in [-0.3, -0.25) is 0 Å². The summed E-state index contributed by atoms with van der Waals surface area (Å²) in [4.78, 5) is 2.52. The summed E-state index contributed by atoms with van der Waals surface area (Å²) in [6.07, 6.45) is 0. The van der Waals surface area contributed by atoms with E-state index in [-0.39, 0.29) is 5.41 Å². The molecule has 0 N–H and O–H groups in total. The lowest BCUT2D eigenvalue weighted by Gasteiger charge is -2.39. The Morgan fingerprint density at radius 1 is 0.397 bits per heavy atom. The minimum Gasteiger partial charge on any atom is -0.457 e. The maximum absolute atomic E-state index is 6.69. The topological polar surface area (TPSA) is 12.5 Å². The molecule has 0 fully saturated rings. The molecule has 2 aliphatic carbocycles. The highest BCUT2D eigenvalue weighted by Crippen LogP contribution is 2.63. The number of hydrogen-bond donors (Lipinski definition) is 0. The second-order valence-electron chi connectivity index (χ2n) is 16.4. The first kappa shape index (κ1) is 33.0. The minimum atomic E-state index is -0.577. The van der Waals surface area contributed by atoms with Crippen molar-refractivity contribution in [2.45, 2.75) is 24.7 Å². The number of ether oxygens (including phenoxy) is 1. The van der Waals surface area contributed by atoms with Crippen LogP contribution in [0.25, 0.3) is 44.2 Å². The fourth-order valence-corrected chi connectivity index (χ4v) is 10.6. The molecule has 1 heterocycles. The van der Waals surface area contributed by atoms with Crippen molar-refractivity contribution >= 4 is 27.8 Å². The van der Waals surface area contributed by atoms with E-state index in [0.29, 0.717) is 0 Å². The fraction of sp³-hybridized carbons (Fsp3) is 0.0714. The average molecular weight is 742 g/mol. The van der Waals surface area contributed by atoms with Crippen LogP contribution in [0.1, 0.15) is 47.2 Å². The summed E-state index contributed by atoms with van der Waals surface area (Å²) >= 11 is 0. The molecule has 0 amide bonds. The van der Waals surface area contributed by atoms with Crippen LogP contribution < -0.4 is 9.64 Å². The molecule has 9 aromatic carbocycles. The van der Waals surface area contributed by atoms with Crippen LogP contribution in [0.5, 0.6) is 11.5 Å². The normalized spacial score (nSPS) is 14.4. The van der Waals surface area contributed by atoms with Gasteiger partial charge in [-0.1, -0.05) is 172 Å². The molecular formula is C56H39NO. The van der Waals surface area contributed by atoms with Crippen molar-refractivity contribution < 1.29 is 4.74 Å². The third-order valence-corrected chi connectivity index (χ3v) is 13.1. The third-order valence-electron chi connectivity index (χ3n) is 13.1. The van der Waals surface area contributed by atoms with Crippen LogP contribution >= 0.6 is 0 Å². The maximum Gasteiger partial charge on any atom is 0.132 e. The average Bonchev–Trinajstić information content (AvgIpc) is 3.69. The summed E-state index contributed by atoms with van der Waals surface area (Å²) in [6, 6.07) is 73.7. The second kappa shape index (κ2) is 12.2. The molecule has 0 atom stereocenters. The largest absolute Gasteiger partial charge is 0.457 e. The summed E-state index contributed by atoms with van der Waals surface area (Å²) in [5.41, 5.74) is 17.8. The third kappa shape index (κ3) is 4.43. The van der Waals surface area contributed by atoms with Gasteiger partial charge in [0.2, 0.25) is 0 Å². The Morgan fingerprint density at radius 2 is 0.914 bits per heavy atom. The number of fused-ring (bicyclic) bond motifs is 13. The first-order chi connectivity index (χ1) is 28.5. The molecule has 3 aliphatic rings. The first-order valence-corrected chi connectivity index (χ1v) is 20.3. The molecule has 1 aliphatic heterocycles. The monoisotopic (exact) mass is 741 g/mol. The molecular weight excluding hydrogens is 703 g/mol. The van der Waals surface area contributed by atoms with Crippen molar-refractivity contribution in [1.29, 1.82) is 0 Å². The number of benzene rings is 9. The van der Waals surface area contributed by atoms with Gasteiger partial charge < -0.3 is 9.64 Å². The van der Waals surface area contributed by atoms with Gasteiger partial charge in [-0.2, -0.15) is 0 Å². The maximum atomic E-state index is 6.69. The van der Waals surface area contributed by atoms with Gasteiger partial charge in [0.15, 0.2) is 0 Å². The van der Waals surface area contributed by atoms with E-state index in [2.05, 4.69) is 219 Å². The Kier molecular flexibility index (Phi) is 6.93. The molecule has 2 nitrogen and oxygen atoms in total. The number of anilines is 3. The van der Waals surface area contributed by atoms with E-state index in [4.69, 9.17) is 4.74 Å². The van der Waals surface area contributed by atoms with E-state index >= 15 is 0 Å². The summed E-state index contributed by atoms with van der Waals surface area (Å²) < 4.78 is 6.69. The van der Waals surface area contributed by atoms with Crippen LogP contribution in [-0.4, -0.2) is 0 Å². The highest BCUT2D eigenvalue weighted by atomic mass is 16.5. The Hall–Kier alpha value is -7.16. The number of hydrogen-bond acceptors (Lipinski definition) is 2. The molecule has 0 unspecified atom stereocenters.